The molecule has 0 radical (unpaired) electrons. The minimum Gasteiger partial charge on any atom is -0.494 e. The van der Waals surface area contributed by atoms with Crippen molar-refractivity contribution in [2.45, 2.75) is 13.0 Å². The van der Waals surface area contributed by atoms with Gasteiger partial charge in [0.05, 0.1) is 12.6 Å². The molecular formula is C16H21N3O3. The summed E-state index contributed by atoms with van der Waals surface area (Å²) >= 11 is 0. The lowest BCUT2D eigenvalue weighted by molar-refractivity contribution is -0.132. The maximum absolute atomic E-state index is 12.4. The fourth-order valence-corrected chi connectivity index (χ4v) is 2.47. The molecule has 6 nitrogen and oxygen atoms in total. The summed E-state index contributed by atoms with van der Waals surface area (Å²) in [6.45, 7) is 6.33. The van der Waals surface area contributed by atoms with E-state index in [2.05, 4.69) is 17.2 Å². The molecule has 6 heteroatoms. The van der Waals surface area contributed by atoms with Gasteiger partial charge < -0.3 is 20.3 Å². The van der Waals surface area contributed by atoms with Crippen LogP contribution in [0.3, 0.4) is 0 Å². The van der Waals surface area contributed by atoms with Crippen molar-refractivity contribution in [2.24, 2.45) is 5.92 Å². The molecule has 2 N–H and O–H groups in total. The summed E-state index contributed by atoms with van der Waals surface area (Å²) < 4.78 is 5.41. The van der Waals surface area contributed by atoms with E-state index in [0.717, 1.165) is 11.3 Å². The van der Waals surface area contributed by atoms with Crippen molar-refractivity contribution in [1.29, 1.82) is 0 Å². The molecule has 0 spiro atoms. The highest BCUT2D eigenvalue weighted by atomic mass is 16.5. The Morgan fingerprint density at radius 1 is 1.32 bits per heavy atom. The van der Waals surface area contributed by atoms with Crippen LogP contribution in [-0.2, 0) is 4.79 Å². The molecule has 3 amide bonds. The first-order chi connectivity index (χ1) is 10.4. The highest BCUT2D eigenvalue weighted by Gasteiger charge is 2.38. The van der Waals surface area contributed by atoms with E-state index >= 15 is 0 Å². The smallest absolute Gasteiger partial charge is 0.319 e. The van der Waals surface area contributed by atoms with E-state index < -0.39 is 12.0 Å². The largest absolute Gasteiger partial charge is 0.494 e. The lowest BCUT2D eigenvalue weighted by Gasteiger charge is -2.35. The van der Waals surface area contributed by atoms with E-state index in [0.29, 0.717) is 12.3 Å². The lowest BCUT2D eigenvalue weighted by atomic mass is 9.88. The summed E-state index contributed by atoms with van der Waals surface area (Å²) in [5.41, 5.74) is 1.24. The Hall–Kier alpha value is -2.50. The number of carbonyl (C=O) groups is 2. The van der Waals surface area contributed by atoms with Crippen LogP contribution in [0.15, 0.2) is 36.5 Å². The maximum Gasteiger partial charge on any atom is 0.319 e. The summed E-state index contributed by atoms with van der Waals surface area (Å²) in [5, 5.41) is 5.38. The van der Waals surface area contributed by atoms with Crippen molar-refractivity contribution in [2.75, 3.05) is 20.7 Å². The van der Waals surface area contributed by atoms with Gasteiger partial charge in [0.15, 0.2) is 0 Å². The molecule has 1 aliphatic heterocycles. The Balaban J connectivity index is 2.32. The van der Waals surface area contributed by atoms with Gasteiger partial charge in [0.2, 0.25) is 5.91 Å². The van der Waals surface area contributed by atoms with Crippen LogP contribution in [0.25, 0.3) is 0 Å². The molecule has 0 aliphatic carbocycles. The van der Waals surface area contributed by atoms with E-state index in [9.17, 15) is 9.59 Å². The van der Waals surface area contributed by atoms with Crippen LogP contribution in [0.1, 0.15) is 18.5 Å². The summed E-state index contributed by atoms with van der Waals surface area (Å²) in [5.74, 6) is 0.0860. The number of urea groups is 1. The molecule has 1 fully saturated rings. The second kappa shape index (κ2) is 6.51. The molecule has 0 unspecified atom stereocenters. The number of hydrogen-bond donors (Lipinski definition) is 2. The first-order valence-corrected chi connectivity index (χ1v) is 7.14. The molecule has 0 saturated carbocycles. The third kappa shape index (κ3) is 3.21. The van der Waals surface area contributed by atoms with Gasteiger partial charge in [-0.05, 0) is 24.6 Å². The molecule has 2 atom stereocenters. The average molecular weight is 303 g/mol. The quantitative estimate of drug-likeness (QED) is 0.888. The normalized spacial score (nSPS) is 20.9. The fraction of sp³-hybridized carbons (Fsp3) is 0.375. The van der Waals surface area contributed by atoms with Gasteiger partial charge in [0.25, 0.3) is 0 Å². The standard InChI is InChI=1S/C16H21N3O3/c1-5-22-12-8-6-11(7-9-12)14-13(15(20)19(3)4)10(2)17-16(21)18-14/h6-9,13-14H,2,5H2,1,3-4H3,(H2,17,18,21)/t13-,14+/m1/s1. The number of rotatable bonds is 4. The van der Waals surface area contributed by atoms with Crippen LogP contribution >= 0.6 is 0 Å². The molecule has 1 aromatic rings. The van der Waals surface area contributed by atoms with Gasteiger partial charge >= 0.3 is 6.03 Å². The van der Waals surface area contributed by atoms with E-state index in [1.807, 2.05) is 31.2 Å². The second-order valence-corrected chi connectivity index (χ2v) is 5.31. The fourth-order valence-electron chi connectivity index (χ4n) is 2.47. The van der Waals surface area contributed by atoms with Gasteiger partial charge in [-0.1, -0.05) is 18.7 Å². The van der Waals surface area contributed by atoms with Crippen LogP contribution in [0.5, 0.6) is 5.75 Å². The SMILES string of the molecule is C=C1NC(=O)N[C@@H](c2ccc(OCC)cc2)[C@@H]1C(=O)N(C)C. The third-order valence-electron chi connectivity index (χ3n) is 3.53. The number of amides is 3. The molecule has 1 aliphatic rings. The van der Waals surface area contributed by atoms with Gasteiger partial charge in [-0.3, -0.25) is 4.79 Å². The van der Waals surface area contributed by atoms with Gasteiger partial charge in [-0.25, -0.2) is 4.79 Å². The number of carbonyl (C=O) groups excluding carboxylic acids is 2. The van der Waals surface area contributed by atoms with Crippen LogP contribution in [-0.4, -0.2) is 37.5 Å². The predicted octanol–water partition coefficient (Wildman–Crippen LogP) is 1.66. The van der Waals surface area contributed by atoms with Crippen molar-refractivity contribution >= 4 is 11.9 Å². The number of ether oxygens (including phenoxy) is 1. The monoisotopic (exact) mass is 303 g/mol. The Kier molecular flexibility index (Phi) is 4.70. The number of nitrogens with one attached hydrogen (secondary N) is 2. The molecule has 0 aromatic heterocycles. The van der Waals surface area contributed by atoms with Gasteiger partial charge in [0, 0.05) is 19.8 Å². The first kappa shape index (κ1) is 15.9. The van der Waals surface area contributed by atoms with E-state index in [-0.39, 0.29) is 11.9 Å². The van der Waals surface area contributed by atoms with Gasteiger partial charge in [-0.2, -0.15) is 0 Å². The summed E-state index contributed by atoms with van der Waals surface area (Å²) in [7, 11) is 3.36. The van der Waals surface area contributed by atoms with Crippen LogP contribution in [0.2, 0.25) is 0 Å². The van der Waals surface area contributed by atoms with Crippen molar-refractivity contribution in [1.82, 2.24) is 15.5 Å². The zero-order chi connectivity index (χ0) is 16.3. The predicted molar refractivity (Wildman–Crippen MR) is 83.3 cm³/mol. The Labute approximate surface area is 130 Å². The van der Waals surface area contributed by atoms with Crippen LogP contribution in [0.4, 0.5) is 4.79 Å². The van der Waals surface area contributed by atoms with Crippen LogP contribution in [0, 0.1) is 5.92 Å². The van der Waals surface area contributed by atoms with Crippen molar-refractivity contribution in [3.05, 3.63) is 42.1 Å². The minimum atomic E-state index is -0.550. The lowest BCUT2D eigenvalue weighted by Crippen LogP contribution is -2.52. The molecule has 0 bridgehead atoms. The number of benzene rings is 1. The van der Waals surface area contributed by atoms with Crippen molar-refractivity contribution in [3.63, 3.8) is 0 Å². The van der Waals surface area contributed by atoms with Crippen molar-refractivity contribution in [3.8, 4) is 5.75 Å². The van der Waals surface area contributed by atoms with Gasteiger partial charge in [0.1, 0.15) is 11.7 Å². The zero-order valence-electron chi connectivity index (χ0n) is 13.1. The number of hydrogen-bond acceptors (Lipinski definition) is 3. The van der Waals surface area contributed by atoms with Gasteiger partial charge in [-0.15, -0.1) is 0 Å². The average Bonchev–Trinajstić information content (AvgIpc) is 2.47. The molecule has 118 valence electrons. The molecule has 2 rings (SSSR count). The Morgan fingerprint density at radius 2 is 1.95 bits per heavy atom. The van der Waals surface area contributed by atoms with E-state index in [4.69, 9.17) is 4.74 Å². The molecule has 22 heavy (non-hydrogen) atoms. The highest BCUT2D eigenvalue weighted by Crippen LogP contribution is 2.31. The molecule has 1 saturated heterocycles. The second-order valence-electron chi connectivity index (χ2n) is 5.31. The Bertz CT molecular complexity index is 581. The minimum absolute atomic E-state index is 0.114. The van der Waals surface area contributed by atoms with Crippen molar-refractivity contribution < 1.29 is 14.3 Å². The van der Waals surface area contributed by atoms with E-state index in [1.165, 1.54) is 4.90 Å². The molecule has 1 heterocycles. The number of nitrogens with zero attached hydrogens (tertiary/aromatic N) is 1. The van der Waals surface area contributed by atoms with E-state index in [1.54, 1.807) is 14.1 Å². The third-order valence-corrected chi connectivity index (χ3v) is 3.53. The summed E-state index contributed by atoms with van der Waals surface area (Å²) in [6, 6.07) is 6.55. The Morgan fingerprint density at radius 3 is 2.50 bits per heavy atom. The summed E-state index contributed by atoms with van der Waals surface area (Å²) in [4.78, 5) is 25.6. The highest BCUT2D eigenvalue weighted by molar-refractivity contribution is 5.87. The van der Waals surface area contributed by atoms with Crippen LogP contribution < -0.4 is 15.4 Å². The zero-order valence-corrected chi connectivity index (χ0v) is 13.1. The topological polar surface area (TPSA) is 70.7 Å². The summed E-state index contributed by atoms with van der Waals surface area (Å²) in [6.07, 6.45) is 0. The molecule has 1 aromatic carbocycles. The maximum atomic E-state index is 12.4. The first-order valence-electron chi connectivity index (χ1n) is 7.14. The molecular weight excluding hydrogens is 282 g/mol.